The number of aliphatic hydroxyl groups excluding tert-OH is 1. The van der Waals surface area contributed by atoms with Crippen molar-refractivity contribution in [3.8, 4) is 5.69 Å². The summed E-state index contributed by atoms with van der Waals surface area (Å²) < 4.78 is 1.85. The summed E-state index contributed by atoms with van der Waals surface area (Å²) in [5, 5.41) is 13.7. The average molecular weight is 321 g/mol. The molecule has 1 atom stereocenters. The van der Waals surface area contributed by atoms with Crippen LogP contribution in [0.1, 0.15) is 23.6 Å². The zero-order chi connectivity index (χ0) is 16.8. The number of hydrogen-bond donors (Lipinski definition) is 1. The van der Waals surface area contributed by atoms with Crippen molar-refractivity contribution in [2.24, 2.45) is 0 Å². The number of rotatable bonds is 7. The van der Waals surface area contributed by atoms with Crippen molar-refractivity contribution in [3.63, 3.8) is 0 Å². The van der Waals surface area contributed by atoms with Crippen LogP contribution in [-0.4, -0.2) is 33.4 Å². The molecule has 0 saturated heterocycles. The van der Waals surface area contributed by atoms with Gasteiger partial charge >= 0.3 is 0 Å². The minimum atomic E-state index is 0.183. The lowest BCUT2D eigenvalue weighted by molar-refractivity contribution is 0.180. The largest absolute Gasteiger partial charge is 0.396 e. The zero-order valence-corrected chi connectivity index (χ0v) is 13.9. The first-order valence-electron chi connectivity index (χ1n) is 8.23. The van der Waals surface area contributed by atoms with Gasteiger partial charge in [0.2, 0.25) is 0 Å². The first kappa shape index (κ1) is 16.4. The molecule has 0 fully saturated rings. The Balaban J connectivity index is 1.71. The Hall–Kier alpha value is -2.43. The summed E-state index contributed by atoms with van der Waals surface area (Å²) in [6, 6.07) is 20.9. The van der Waals surface area contributed by atoms with Crippen LogP contribution in [0.3, 0.4) is 0 Å². The maximum Gasteiger partial charge on any atom is 0.0645 e. The van der Waals surface area contributed by atoms with Crippen LogP contribution in [0.15, 0.2) is 73.1 Å². The lowest BCUT2D eigenvalue weighted by Gasteiger charge is -2.28. The van der Waals surface area contributed by atoms with Crippen molar-refractivity contribution in [2.45, 2.75) is 19.0 Å². The number of benzene rings is 2. The fourth-order valence-electron chi connectivity index (χ4n) is 3.01. The van der Waals surface area contributed by atoms with Crippen LogP contribution in [0.25, 0.3) is 5.69 Å². The van der Waals surface area contributed by atoms with Gasteiger partial charge in [0.1, 0.15) is 0 Å². The molecule has 1 aromatic heterocycles. The van der Waals surface area contributed by atoms with Crippen LogP contribution in [0.4, 0.5) is 0 Å². The predicted molar refractivity (Wildman–Crippen MR) is 95.9 cm³/mol. The molecule has 1 unspecified atom stereocenters. The molecule has 0 aliphatic rings. The van der Waals surface area contributed by atoms with E-state index in [-0.39, 0.29) is 12.6 Å². The van der Waals surface area contributed by atoms with Gasteiger partial charge in [-0.25, -0.2) is 4.68 Å². The highest BCUT2D eigenvalue weighted by molar-refractivity contribution is 5.33. The molecule has 0 amide bonds. The number of aliphatic hydroxyl groups is 1. The molecule has 4 heteroatoms. The van der Waals surface area contributed by atoms with Crippen molar-refractivity contribution in [1.82, 2.24) is 14.7 Å². The van der Waals surface area contributed by atoms with E-state index in [4.69, 9.17) is 0 Å². The van der Waals surface area contributed by atoms with Gasteiger partial charge in [0.25, 0.3) is 0 Å². The molecule has 0 radical (unpaired) electrons. The van der Waals surface area contributed by atoms with E-state index in [1.54, 1.807) is 6.20 Å². The normalized spacial score (nSPS) is 12.5. The van der Waals surface area contributed by atoms with Crippen LogP contribution < -0.4 is 0 Å². The Morgan fingerprint density at radius 2 is 1.79 bits per heavy atom. The minimum absolute atomic E-state index is 0.183. The Morgan fingerprint density at radius 1 is 1.04 bits per heavy atom. The summed E-state index contributed by atoms with van der Waals surface area (Å²) in [6.45, 7) is 1.01. The van der Waals surface area contributed by atoms with Gasteiger partial charge in [-0.2, -0.15) is 5.10 Å². The SMILES string of the molecule is CN(Cc1ccc(-n2cccn2)cc1)C(CCO)c1ccccc1. The molecule has 124 valence electrons. The first-order valence-corrected chi connectivity index (χ1v) is 8.23. The molecule has 3 aromatic rings. The van der Waals surface area contributed by atoms with Crippen molar-refractivity contribution >= 4 is 0 Å². The molecule has 0 aliphatic heterocycles. The summed E-state index contributed by atoms with van der Waals surface area (Å²) in [5.41, 5.74) is 3.54. The smallest absolute Gasteiger partial charge is 0.0645 e. The van der Waals surface area contributed by atoms with Crippen molar-refractivity contribution in [1.29, 1.82) is 0 Å². The third kappa shape index (κ3) is 3.91. The minimum Gasteiger partial charge on any atom is -0.396 e. The van der Waals surface area contributed by atoms with Gasteiger partial charge in [-0.05, 0) is 42.8 Å². The summed E-state index contributed by atoms with van der Waals surface area (Å²) in [4.78, 5) is 2.29. The van der Waals surface area contributed by atoms with E-state index in [9.17, 15) is 5.11 Å². The fourth-order valence-corrected chi connectivity index (χ4v) is 3.01. The fraction of sp³-hybridized carbons (Fsp3) is 0.250. The van der Waals surface area contributed by atoms with Crippen LogP contribution in [0.5, 0.6) is 0 Å². The van der Waals surface area contributed by atoms with E-state index in [1.165, 1.54) is 11.1 Å². The van der Waals surface area contributed by atoms with Gasteiger partial charge in [-0.3, -0.25) is 4.90 Å². The second-order valence-electron chi connectivity index (χ2n) is 5.97. The quantitative estimate of drug-likeness (QED) is 0.725. The Bertz CT molecular complexity index is 723. The molecular weight excluding hydrogens is 298 g/mol. The van der Waals surface area contributed by atoms with Gasteiger partial charge in [0.15, 0.2) is 0 Å². The lowest BCUT2D eigenvalue weighted by atomic mass is 10.0. The maximum absolute atomic E-state index is 9.42. The second-order valence-corrected chi connectivity index (χ2v) is 5.97. The monoisotopic (exact) mass is 321 g/mol. The Kier molecular flexibility index (Phi) is 5.41. The number of nitrogens with zero attached hydrogens (tertiary/aromatic N) is 3. The molecule has 0 bridgehead atoms. The maximum atomic E-state index is 9.42. The molecule has 0 aliphatic carbocycles. The molecule has 1 N–H and O–H groups in total. The summed E-state index contributed by atoms with van der Waals surface area (Å²) >= 11 is 0. The average Bonchev–Trinajstić information content (AvgIpc) is 3.15. The highest BCUT2D eigenvalue weighted by Gasteiger charge is 2.16. The molecule has 4 nitrogen and oxygen atoms in total. The summed E-state index contributed by atoms with van der Waals surface area (Å²) in [6.07, 6.45) is 4.45. The third-order valence-corrected chi connectivity index (χ3v) is 4.26. The molecule has 3 rings (SSSR count). The summed E-state index contributed by atoms with van der Waals surface area (Å²) in [5.74, 6) is 0. The zero-order valence-electron chi connectivity index (χ0n) is 13.9. The number of hydrogen-bond acceptors (Lipinski definition) is 3. The highest BCUT2D eigenvalue weighted by Crippen LogP contribution is 2.24. The topological polar surface area (TPSA) is 41.3 Å². The van der Waals surface area contributed by atoms with Crippen molar-refractivity contribution in [3.05, 3.63) is 84.2 Å². The van der Waals surface area contributed by atoms with Crippen molar-refractivity contribution in [2.75, 3.05) is 13.7 Å². The van der Waals surface area contributed by atoms with E-state index in [2.05, 4.69) is 53.4 Å². The molecule has 24 heavy (non-hydrogen) atoms. The predicted octanol–water partition coefficient (Wildman–Crippen LogP) is 3.43. The standard InChI is InChI=1S/C20H23N3O/c1-22(20(12-15-24)18-6-3-2-4-7-18)16-17-8-10-19(11-9-17)23-14-5-13-21-23/h2-11,13-14,20,24H,12,15-16H2,1H3. The van der Waals surface area contributed by atoms with Crippen LogP contribution in [-0.2, 0) is 6.54 Å². The van der Waals surface area contributed by atoms with Crippen LogP contribution >= 0.6 is 0 Å². The highest BCUT2D eigenvalue weighted by atomic mass is 16.3. The van der Waals surface area contributed by atoms with Gasteiger partial charge in [-0.15, -0.1) is 0 Å². The number of aromatic nitrogens is 2. The lowest BCUT2D eigenvalue weighted by Crippen LogP contribution is -2.25. The molecule has 2 aromatic carbocycles. The van der Waals surface area contributed by atoms with E-state index in [0.29, 0.717) is 0 Å². The van der Waals surface area contributed by atoms with E-state index in [0.717, 1.165) is 18.7 Å². The van der Waals surface area contributed by atoms with Gasteiger partial charge < -0.3 is 5.11 Å². The van der Waals surface area contributed by atoms with E-state index >= 15 is 0 Å². The van der Waals surface area contributed by atoms with Crippen molar-refractivity contribution < 1.29 is 5.11 Å². The second kappa shape index (κ2) is 7.90. The summed E-state index contributed by atoms with van der Waals surface area (Å²) in [7, 11) is 2.11. The molecule has 1 heterocycles. The molecule has 0 spiro atoms. The Morgan fingerprint density at radius 3 is 2.42 bits per heavy atom. The van der Waals surface area contributed by atoms with Crippen LogP contribution in [0.2, 0.25) is 0 Å². The molecular formula is C20H23N3O. The van der Waals surface area contributed by atoms with E-state index in [1.807, 2.05) is 35.1 Å². The third-order valence-electron chi connectivity index (χ3n) is 4.26. The molecule has 0 saturated carbocycles. The Labute approximate surface area is 143 Å². The van der Waals surface area contributed by atoms with Gasteiger partial charge in [0.05, 0.1) is 5.69 Å². The van der Waals surface area contributed by atoms with Crippen LogP contribution in [0, 0.1) is 0 Å². The van der Waals surface area contributed by atoms with Gasteiger partial charge in [-0.1, -0.05) is 42.5 Å². The van der Waals surface area contributed by atoms with Gasteiger partial charge in [0, 0.05) is 31.6 Å². The van der Waals surface area contributed by atoms with E-state index < -0.39 is 0 Å². The first-order chi connectivity index (χ1) is 11.8.